The molecule has 0 saturated carbocycles. The molecule has 3 aromatic rings. The molecule has 2 aromatic carbocycles. The molecule has 0 saturated heterocycles. The molecule has 0 spiro atoms. The van der Waals surface area contributed by atoms with Crippen molar-refractivity contribution in [1.82, 2.24) is 0 Å². The molecular weight excluding hydrogens is 593 g/mol. The number of benzene rings is 2. The van der Waals surface area contributed by atoms with E-state index in [9.17, 15) is 48.0 Å². The fraction of sp³-hybridized carbons (Fsp3) is 0.250. The van der Waals surface area contributed by atoms with Crippen molar-refractivity contribution in [3.8, 4) is 15.8 Å². The van der Waals surface area contributed by atoms with Gasteiger partial charge in [-0.3, -0.25) is 0 Å². The normalized spacial score (nSPS) is 13.4. The van der Waals surface area contributed by atoms with E-state index in [1.807, 2.05) is 0 Å². The second-order valence-electron chi connectivity index (χ2n) is 7.08. The van der Waals surface area contributed by atoms with Gasteiger partial charge in [0.15, 0.2) is 0 Å². The molecule has 0 aliphatic rings. The third kappa shape index (κ3) is 4.99. The number of sulfone groups is 2. The Morgan fingerprint density at radius 1 is 0.857 bits per heavy atom. The van der Waals surface area contributed by atoms with Gasteiger partial charge in [0.2, 0.25) is 0 Å². The number of rotatable bonds is 6. The van der Waals surface area contributed by atoms with Crippen LogP contribution in [0, 0.1) is 0 Å². The monoisotopic (exact) mass is 608 g/mol. The van der Waals surface area contributed by atoms with Gasteiger partial charge in [0.25, 0.3) is 0 Å². The van der Waals surface area contributed by atoms with Gasteiger partial charge in [-0.05, 0) is 0 Å². The molecule has 0 N–H and O–H groups in total. The summed E-state index contributed by atoms with van der Waals surface area (Å²) in [7, 11) is -12.5. The SMILES string of the molecule is COc1ccc(-c2[se]c3ccccc3c(=O)c2CC(S(=O)(=O)C(F)(F)F)S(=O)(=O)C(F)(F)F)cc1. The zero-order valence-electron chi connectivity index (χ0n) is 17.3. The molecule has 0 atom stereocenters. The van der Waals surface area contributed by atoms with Gasteiger partial charge in [-0.2, -0.15) is 0 Å². The standard InChI is InChI=1S/C20H14F6O6S2Se/c1-32-12-8-6-11(7-9-12)18-14(17(27)13-4-2-3-5-15(13)35-18)10-16(33(28,29)19(21,22)23)34(30,31)20(24,25)26/h2-9,16H,10H2,1H3. The molecule has 0 unspecified atom stereocenters. The molecule has 1 heterocycles. The summed E-state index contributed by atoms with van der Waals surface area (Å²) in [5.41, 5.74) is -14.3. The number of alkyl halides is 6. The molecule has 0 radical (unpaired) electrons. The van der Waals surface area contributed by atoms with Crippen molar-refractivity contribution in [2.75, 3.05) is 7.11 Å². The summed E-state index contributed by atoms with van der Waals surface area (Å²) in [6.45, 7) is 0. The van der Waals surface area contributed by atoms with Crippen molar-refractivity contribution in [2.24, 2.45) is 0 Å². The summed E-state index contributed by atoms with van der Waals surface area (Å²) in [5, 5.41) is -0.0627. The fourth-order valence-electron chi connectivity index (χ4n) is 3.19. The van der Waals surface area contributed by atoms with Crippen molar-refractivity contribution in [3.05, 3.63) is 64.3 Å². The van der Waals surface area contributed by atoms with Crippen LogP contribution < -0.4 is 10.2 Å². The van der Waals surface area contributed by atoms with Gasteiger partial charge in [-0.25, -0.2) is 0 Å². The van der Waals surface area contributed by atoms with Crippen LogP contribution in [0.3, 0.4) is 0 Å². The van der Waals surface area contributed by atoms with E-state index in [2.05, 4.69) is 0 Å². The topological polar surface area (TPSA) is 94.6 Å². The Hall–Kier alpha value is -2.35. The molecule has 0 aliphatic carbocycles. The van der Waals surface area contributed by atoms with E-state index >= 15 is 0 Å². The number of halogens is 6. The van der Waals surface area contributed by atoms with E-state index in [0.29, 0.717) is 10.0 Å². The van der Waals surface area contributed by atoms with Crippen LogP contribution in [-0.4, -0.2) is 54.0 Å². The van der Waals surface area contributed by atoms with Gasteiger partial charge >= 0.3 is 201 Å². The first-order chi connectivity index (χ1) is 16.0. The molecule has 0 bridgehead atoms. The predicted molar refractivity (Wildman–Crippen MR) is 117 cm³/mol. The zero-order valence-corrected chi connectivity index (χ0v) is 20.7. The van der Waals surface area contributed by atoms with E-state index in [0.717, 1.165) is 0 Å². The summed E-state index contributed by atoms with van der Waals surface area (Å²) in [6.07, 6.45) is -1.83. The van der Waals surface area contributed by atoms with Crippen molar-refractivity contribution < 1.29 is 47.9 Å². The molecule has 190 valence electrons. The van der Waals surface area contributed by atoms with Crippen LogP contribution in [0.25, 0.3) is 19.6 Å². The van der Waals surface area contributed by atoms with Crippen molar-refractivity contribution >= 4 is 43.8 Å². The van der Waals surface area contributed by atoms with E-state index in [1.54, 1.807) is 6.07 Å². The van der Waals surface area contributed by atoms with Crippen LogP contribution in [0.5, 0.6) is 5.75 Å². The van der Waals surface area contributed by atoms with E-state index in [4.69, 9.17) is 4.74 Å². The Morgan fingerprint density at radius 2 is 1.37 bits per heavy atom. The Bertz CT molecular complexity index is 1480. The molecule has 1 aromatic heterocycles. The van der Waals surface area contributed by atoms with Crippen LogP contribution in [0.1, 0.15) is 5.56 Å². The average Bonchev–Trinajstić information content (AvgIpc) is 2.76. The van der Waals surface area contributed by atoms with Gasteiger partial charge < -0.3 is 0 Å². The Morgan fingerprint density at radius 3 is 1.86 bits per heavy atom. The molecular formula is C20H14F6O6S2Se. The maximum atomic E-state index is 13.3. The Kier molecular flexibility index (Phi) is 7.21. The van der Waals surface area contributed by atoms with Gasteiger partial charge in [0.05, 0.1) is 0 Å². The second-order valence-corrected chi connectivity index (χ2v) is 13.8. The molecule has 6 nitrogen and oxygen atoms in total. The molecule has 0 fully saturated rings. The molecule has 35 heavy (non-hydrogen) atoms. The molecule has 0 aliphatic heterocycles. The number of ether oxygens (including phenoxy) is 1. The van der Waals surface area contributed by atoms with Crippen LogP contribution in [0.2, 0.25) is 0 Å². The van der Waals surface area contributed by atoms with Gasteiger partial charge in [-0.1, -0.05) is 0 Å². The van der Waals surface area contributed by atoms with E-state index in [1.165, 1.54) is 49.6 Å². The third-order valence-electron chi connectivity index (χ3n) is 4.95. The summed E-state index contributed by atoms with van der Waals surface area (Å²) >= 11 is -0.886. The van der Waals surface area contributed by atoms with Crippen LogP contribution >= 0.6 is 0 Å². The first-order valence-corrected chi connectivity index (χ1v) is 14.1. The van der Waals surface area contributed by atoms with Crippen LogP contribution in [0.4, 0.5) is 26.3 Å². The van der Waals surface area contributed by atoms with Crippen molar-refractivity contribution in [3.63, 3.8) is 0 Å². The number of fused-ring (bicyclic) bond motifs is 1. The van der Waals surface area contributed by atoms with Gasteiger partial charge in [0.1, 0.15) is 0 Å². The van der Waals surface area contributed by atoms with Crippen molar-refractivity contribution in [1.29, 1.82) is 0 Å². The Labute approximate surface area is 200 Å². The minimum absolute atomic E-state index is 0.0383. The quantitative estimate of drug-likeness (QED) is 0.314. The summed E-state index contributed by atoms with van der Waals surface area (Å²) in [4.78, 5) is 13.2. The second kappa shape index (κ2) is 9.26. The molecule has 0 amide bonds. The molecule has 3 rings (SSSR count). The number of hydrogen-bond donors (Lipinski definition) is 0. The van der Waals surface area contributed by atoms with Crippen LogP contribution in [-0.2, 0) is 26.1 Å². The number of methoxy groups -OCH3 is 1. The zero-order chi connectivity index (χ0) is 26.4. The fourth-order valence-corrected chi connectivity index (χ4v) is 9.05. The number of hydrogen-bond acceptors (Lipinski definition) is 6. The van der Waals surface area contributed by atoms with Gasteiger partial charge in [0, 0.05) is 0 Å². The predicted octanol–water partition coefficient (Wildman–Crippen LogP) is 3.67. The molecule has 15 heteroatoms. The summed E-state index contributed by atoms with van der Waals surface area (Å²) in [6, 6.07) is 11.4. The first-order valence-electron chi connectivity index (χ1n) is 9.32. The van der Waals surface area contributed by atoms with Gasteiger partial charge in [-0.15, -0.1) is 0 Å². The average molecular weight is 607 g/mol. The van der Waals surface area contributed by atoms with Crippen molar-refractivity contribution in [2.45, 2.75) is 22.0 Å². The Balaban J connectivity index is 2.38. The minimum atomic E-state index is -6.90. The maximum absolute atomic E-state index is 13.3. The van der Waals surface area contributed by atoms with E-state index < -0.39 is 67.2 Å². The third-order valence-corrected chi connectivity index (χ3v) is 12.1. The van der Waals surface area contributed by atoms with E-state index in [-0.39, 0.29) is 15.4 Å². The van der Waals surface area contributed by atoms with Crippen LogP contribution in [0.15, 0.2) is 53.3 Å². The first kappa shape index (κ1) is 27.2. The summed E-state index contributed by atoms with van der Waals surface area (Å²) in [5.74, 6) is 0.350. The summed E-state index contributed by atoms with van der Waals surface area (Å²) < 4.78 is 129.